The first kappa shape index (κ1) is 22.1. The molecule has 2 unspecified atom stereocenters. The van der Waals surface area contributed by atoms with Crippen LogP contribution in [0.25, 0.3) is 0 Å². The van der Waals surface area contributed by atoms with Crippen LogP contribution in [0.1, 0.15) is 57.8 Å². The summed E-state index contributed by atoms with van der Waals surface area (Å²) in [6, 6.07) is 0. The highest BCUT2D eigenvalue weighted by molar-refractivity contribution is 4.76. The van der Waals surface area contributed by atoms with E-state index in [0.717, 1.165) is 12.8 Å². The Hall–Kier alpha value is -0.240. The molecule has 1 N–H and O–H groups in total. The Morgan fingerprint density at radius 2 is 1.04 bits per heavy atom. The van der Waals surface area contributed by atoms with Crippen LogP contribution in [0.4, 0.5) is 0 Å². The van der Waals surface area contributed by atoms with E-state index in [1.54, 1.807) is 0 Å². The molecular formula is C20H38O6. The Morgan fingerprint density at radius 3 is 1.62 bits per heavy atom. The van der Waals surface area contributed by atoms with Crippen molar-refractivity contribution in [2.24, 2.45) is 0 Å². The number of ether oxygens (including phenoxy) is 5. The minimum absolute atomic E-state index is 0.0564. The lowest BCUT2D eigenvalue weighted by molar-refractivity contribution is -0.112. The Bertz CT molecular complexity index is 321. The average Bonchev–Trinajstić information content (AvgIpc) is 2.69. The van der Waals surface area contributed by atoms with E-state index in [2.05, 4.69) is 0 Å². The summed E-state index contributed by atoms with van der Waals surface area (Å²) < 4.78 is 28.6. The molecule has 6 heteroatoms. The lowest BCUT2D eigenvalue weighted by atomic mass is 9.94. The molecule has 0 heterocycles. The van der Waals surface area contributed by atoms with Gasteiger partial charge in [0.2, 0.25) is 0 Å². The van der Waals surface area contributed by atoms with Crippen molar-refractivity contribution in [1.29, 1.82) is 0 Å². The first-order valence-electron chi connectivity index (χ1n) is 10.5. The van der Waals surface area contributed by atoms with Crippen molar-refractivity contribution in [3.8, 4) is 0 Å². The molecule has 0 radical (unpaired) electrons. The first-order valence-corrected chi connectivity index (χ1v) is 10.5. The zero-order valence-corrected chi connectivity index (χ0v) is 16.2. The van der Waals surface area contributed by atoms with Crippen molar-refractivity contribution in [2.45, 2.75) is 76.1 Å². The van der Waals surface area contributed by atoms with Crippen molar-refractivity contribution in [2.75, 3.05) is 52.9 Å². The monoisotopic (exact) mass is 374 g/mol. The molecule has 2 aliphatic carbocycles. The van der Waals surface area contributed by atoms with Crippen LogP contribution in [0.2, 0.25) is 0 Å². The largest absolute Gasteiger partial charge is 0.394 e. The fourth-order valence-electron chi connectivity index (χ4n) is 3.74. The second-order valence-corrected chi connectivity index (χ2v) is 7.18. The number of hydrogen-bond acceptors (Lipinski definition) is 6. The summed E-state index contributed by atoms with van der Waals surface area (Å²) in [5.41, 5.74) is 0. The molecule has 0 amide bonds. The normalized spacial score (nSPS) is 24.8. The predicted octanol–water partition coefficient (Wildman–Crippen LogP) is 2.71. The molecule has 2 fully saturated rings. The van der Waals surface area contributed by atoms with E-state index in [1.807, 2.05) is 0 Å². The van der Waals surface area contributed by atoms with Gasteiger partial charge in [-0.1, -0.05) is 32.1 Å². The van der Waals surface area contributed by atoms with Gasteiger partial charge in [-0.05, 0) is 25.7 Å². The average molecular weight is 375 g/mol. The highest BCUT2D eigenvalue weighted by atomic mass is 16.6. The van der Waals surface area contributed by atoms with Crippen molar-refractivity contribution < 1.29 is 28.8 Å². The van der Waals surface area contributed by atoms with Gasteiger partial charge in [-0.3, -0.25) is 0 Å². The second kappa shape index (κ2) is 14.8. The molecule has 26 heavy (non-hydrogen) atoms. The minimum Gasteiger partial charge on any atom is -0.394 e. The Labute approximate surface area is 158 Å². The highest BCUT2D eigenvalue weighted by Gasteiger charge is 2.26. The van der Waals surface area contributed by atoms with Gasteiger partial charge in [-0.2, -0.15) is 0 Å². The minimum atomic E-state index is 0.0564. The van der Waals surface area contributed by atoms with E-state index >= 15 is 0 Å². The Kier molecular flexibility index (Phi) is 12.5. The van der Waals surface area contributed by atoms with E-state index < -0.39 is 0 Å². The summed E-state index contributed by atoms with van der Waals surface area (Å²) in [6.07, 6.45) is 11.6. The zero-order chi connectivity index (χ0) is 18.3. The van der Waals surface area contributed by atoms with Crippen molar-refractivity contribution >= 4 is 0 Å². The van der Waals surface area contributed by atoms with Crippen LogP contribution in [0.15, 0.2) is 0 Å². The van der Waals surface area contributed by atoms with Gasteiger partial charge in [0, 0.05) is 0 Å². The van der Waals surface area contributed by atoms with E-state index in [1.165, 1.54) is 44.9 Å². The molecule has 0 aromatic heterocycles. The van der Waals surface area contributed by atoms with Crippen molar-refractivity contribution in [3.63, 3.8) is 0 Å². The maximum absolute atomic E-state index is 8.69. The smallest absolute Gasteiger partial charge is 0.0837 e. The SMILES string of the molecule is OCCOCCOC1CCCCC1OCCOCCOC1CCCCC1. The summed E-state index contributed by atoms with van der Waals surface area (Å²) in [6.45, 7) is 4.05. The molecule has 0 aromatic rings. The zero-order valence-electron chi connectivity index (χ0n) is 16.2. The third-order valence-electron chi connectivity index (χ3n) is 5.13. The van der Waals surface area contributed by atoms with E-state index in [0.29, 0.717) is 52.4 Å². The maximum Gasteiger partial charge on any atom is 0.0837 e. The molecule has 2 saturated carbocycles. The van der Waals surface area contributed by atoms with Gasteiger partial charge in [0.1, 0.15) is 0 Å². The summed E-state index contributed by atoms with van der Waals surface area (Å²) in [5.74, 6) is 0. The second-order valence-electron chi connectivity index (χ2n) is 7.18. The van der Waals surface area contributed by atoms with Crippen LogP contribution in [-0.4, -0.2) is 76.3 Å². The quantitative estimate of drug-likeness (QED) is 0.472. The number of aliphatic hydroxyl groups excluding tert-OH is 1. The van der Waals surface area contributed by atoms with Gasteiger partial charge in [0.25, 0.3) is 0 Å². The Balaban J connectivity index is 1.45. The molecule has 2 rings (SSSR count). The van der Waals surface area contributed by atoms with Crippen LogP contribution >= 0.6 is 0 Å². The molecule has 0 aromatic carbocycles. The first-order chi connectivity index (χ1) is 12.9. The predicted molar refractivity (Wildman–Crippen MR) is 99.5 cm³/mol. The van der Waals surface area contributed by atoms with Crippen LogP contribution in [0.5, 0.6) is 0 Å². The maximum atomic E-state index is 8.69. The molecule has 154 valence electrons. The lowest BCUT2D eigenvalue weighted by Crippen LogP contribution is -2.36. The van der Waals surface area contributed by atoms with Gasteiger partial charge in [-0.15, -0.1) is 0 Å². The number of rotatable bonds is 14. The van der Waals surface area contributed by atoms with Gasteiger partial charge in [-0.25, -0.2) is 0 Å². The van der Waals surface area contributed by atoms with Crippen LogP contribution < -0.4 is 0 Å². The molecule has 2 atom stereocenters. The topological polar surface area (TPSA) is 66.4 Å². The summed E-state index contributed by atoms with van der Waals surface area (Å²) in [5, 5.41) is 8.69. The lowest BCUT2D eigenvalue weighted by Gasteiger charge is -2.31. The molecule has 0 saturated heterocycles. The molecule has 0 spiro atoms. The van der Waals surface area contributed by atoms with E-state index in [4.69, 9.17) is 28.8 Å². The molecule has 2 aliphatic rings. The van der Waals surface area contributed by atoms with E-state index in [-0.39, 0.29) is 18.8 Å². The van der Waals surface area contributed by atoms with Gasteiger partial charge >= 0.3 is 0 Å². The van der Waals surface area contributed by atoms with Crippen molar-refractivity contribution in [1.82, 2.24) is 0 Å². The van der Waals surface area contributed by atoms with Gasteiger partial charge in [0.05, 0.1) is 71.2 Å². The van der Waals surface area contributed by atoms with Crippen LogP contribution in [0.3, 0.4) is 0 Å². The van der Waals surface area contributed by atoms with Crippen molar-refractivity contribution in [3.05, 3.63) is 0 Å². The summed E-state index contributed by atoms with van der Waals surface area (Å²) in [4.78, 5) is 0. The third kappa shape index (κ3) is 9.62. The highest BCUT2D eigenvalue weighted by Crippen LogP contribution is 2.24. The fraction of sp³-hybridized carbons (Fsp3) is 1.00. The molecule has 6 nitrogen and oxygen atoms in total. The molecular weight excluding hydrogens is 336 g/mol. The summed E-state index contributed by atoms with van der Waals surface area (Å²) >= 11 is 0. The summed E-state index contributed by atoms with van der Waals surface area (Å²) in [7, 11) is 0. The molecule has 0 aliphatic heterocycles. The molecule has 0 bridgehead atoms. The van der Waals surface area contributed by atoms with E-state index in [9.17, 15) is 0 Å². The third-order valence-corrected chi connectivity index (χ3v) is 5.13. The van der Waals surface area contributed by atoms with Gasteiger partial charge in [0.15, 0.2) is 0 Å². The van der Waals surface area contributed by atoms with Gasteiger partial charge < -0.3 is 28.8 Å². The standard InChI is InChI=1S/C20H38O6/c21-10-11-22-13-16-25-19-8-4-5-9-20(19)26-17-14-23-12-15-24-18-6-2-1-3-7-18/h18-21H,1-17H2. The van der Waals surface area contributed by atoms with Crippen LogP contribution in [-0.2, 0) is 23.7 Å². The fourth-order valence-corrected chi connectivity index (χ4v) is 3.74. The van der Waals surface area contributed by atoms with Crippen LogP contribution in [0, 0.1) is 0 Å². The Morgan fingerprint density at radius 1 is 0.538 bits per heavy atom. The number of hydrogen-bond donors (Lipinski definition) is 1. The number of aliphatic hydroxyl groups is 1.